The number of benzene rings is 1. The van der Waals surface area contributed by atoms with E-state index in [4.69, 9.17) is 14.0 Å². The highest BCUT2D eigenvalue weighted by Gasteiger charge is 2.69. The van der Waals surface area contributed by atoms with Gasteiger partial charge in [-0.1, -0.05) is 44.2 Å². The highest BCUT2D eigenvalue weighted by molar-refractivity contribution is 6.48. The third-order valence-corrected chi connectivity index (χ3v) is 10.3. The van der Waals surface area contributed by atoms with Gasteiger partial charge in [-0.2, -0.15) is 0 Å². The molecule has 1 aromatic rings. The second-order valence-electron chi connectivity index (χ2n) is 14.0. The maximum absolute atomic E-state index is 14.2. The van der Waals surface area contributed by atoms with Gasteiger partial charge in [0.1, 0.15) is 11.6 Å². The number of carbonyl (C=O) groups is 2. The van der Waals surface area contributed by atoms with Gasteiger partial charge in [-0.05, 0) is 89.0 Å². The molecule has 7 rings (SSSR count). The van der Waals surface area contributed by atoms with Gasteiger partial charge in [0.2, 0.25) is 5.91 Å². The van der Waals surface area contributed by atoms with Crippen LogP contribution in [0.4, 0.5) is 4.79 Å². The van der Waals surface area contributed by atoms with Gasteiger partial charge in [0, 0.05) is 6.54 Å². The van der Waals surface area contributed by atoms with E-state index in [0.717, 1.165) is 31.2 Å². The molecule has 0 radical (unpaired) electrons. The van der Waals surface area contributed by atoms with Crippen LogP contribution in [0.15, 0.2) is 30.3 Å². The lowest BCUT2D eigenvalue weighted by atomic mass is 9.43. The van der Waals surface area contributed by atoms with Crippen LogP contribution in [-0.2, 0) is 18.8 Å². The summed E-state index contributed by atoms with van der Waals surface area (Å²) >= 11 is 0. The van der Waals surface area contributed by atoms with Crippen molar-refractivity contribution in [1.29, 1.82) is 0 Å². The Bertz CT molecular complexity index is 1090. The van der Waals surface area contributed by atoms with E-state index in [9.17, 15) is 9.59 Å². The minimum absolute atomic E-state index is 0.00589. The van der Waals surface area contributed by atoms with E-state index in [0.29, 0.717) is 24.8 Å². The number of nitrogens with zero attached hydrogens (tertiary/aromatic N) is 2. The van der Waals surface area contributed by atoms with Crippen LogP contribution in [0.3, 0.4) is 0 Å². The average molecular weight is 522 g/mol. The third kappa shape index (κ3) is 4.09. The SMILES string of the molecule is CC(C)(C)OC(=O)N1[C@@H](c2ccccc2)CC[C@H]1C(=O)N1CCC[C@H]1B1O[C@@H]2CC3CC(C3(C)C)[C@]2(C)O1. The third-order valence-electron chi connectivity index (χ3n) is 10.3. The Morgan fingerprint density at radius 1 is 1.05 bits per heavy atom. The molecule has 2 amide bonds. The molecule has 3 aliphatic heterocycles. The lowest BCUT2D eigenvalue weighted by molar-refractivity contribution is -0.199. The Kier molecular flexibility index (Phi) is 6.19. The van der Waals surface area contributed by atoms with Crippen LogP contribution in [0, 0.1) is 17.3 Å². The summed E-state index contributed by atoms with van der Waals surface area (Å²) in [6.07, 6.45) is 5.03. The highest BCUT2D eigenvalue weighted by atomic mass is 16.7. The molecule has 3 heterocycles. The first kappa shape index (κ1) is 26.2. The molecular formula is C30H43BN2O5. The standard InChI is InChI=1S/C30H43BN2O5/c1-28(2,3)36-27(35)33-21(19-11-8-7-9-12-19)14-15-22(33)26(34)32-16-10-13-25(32)31-37-24-18-20-17-23(29(20,4)5)30(24,6)38-31/h7-9,11-12,20-25H,10,13-18H2,1-6H3/t20?,21-,22+,23?,24-,25+,30+/m1/s1. The zero-order chi connectivity index (χ0) is 27.0. The van der Waals surface area contributed by atoms with E-state index >= 15 is 0 Å². The Balaban J connectivity index is 1.23. The summed E-state index contributed by atoms with van der Waals surface area (Å²) < 4.78 is 19.2. The fourth-order valence-corrected chi connectivity index (χ4v) is 8.23. The Morgan fingerprint density at radius 3 is 2.47 bits per heavy atom. The maximum atomic E-state index is 14.2. The zero-order valence-corrected chi connectivity index (χ0v) is 23.8. The smallest absolute Gasteiger partial charge is 0.444 e. The molecule has 7 atom stereocenters. The Hall–Kier alpha value is -2.06. The fraction of sp³-hybridized carbons (Fsp3) is 0.733. The van der Waals surface area contributed by atoms with Crippen LogP contribution < -0.4 is 0 Å². The molecule has 7 nitrogen and oxygen atoms in total. The number of likely N-dealkylation sites (tertiary alicyclic amines) is 2. The van der Waals surface area contributed by atoms with Crippen molar-refractivity contribution in [1.82, 2.24) is 9.80 Å². The highest BCUT2D eigenvalue weighted by Crippen LogP contribution is 2.66. The summed E-state index contributed by atoms with van der Waals surface area (Å²) in [5.74, 6) is 1.04. The first-order valence-corrected chi connectivity index (χ1v) is 14.6. The van der Waals surface area contributed by atoms with Crippen molar-refractivity contribution in [3.63, 3.8) is 0 Å². The van der Waals surface area contributed by atoms with Crippen LogP contribution >= 0.6 is 0 Å². The molecule has 3 saturated carbocycles. The van der Waals surface area contributed by atoms with Gasteiger partial charge >= 0.3 is 13.2 Å². The Morgan fingerprint density at radius 2 is 1.79 bits per heavy atom. The number of ether oxygens (including phenoxy) is 1. The van der Waals surface area contributed by atoms with Crippen molar-refractivity contribution in [3.05, 3.63) is 35.9 Å². The molecular weight excluding hydrogens is 479 g/mol. The molecule has 6 fully saturated rings. The molecule has 3 saturated heterocycles. The molecule has 206 valence electrons. The first-order chi connectivity index (χ1) is 17.9. The second kappa shape index (κ2) is 8.98. The van der Waals surface area contributed by atoms with Crippen molar-refractivity contribution in [2.24, 2.45) is 17.3 Å². The van der Waals surface area contributed by atoms with Crippen LogP contribution in [0.2, 0.25) is 0 Å². The van der Waals surface area contributed by atoms with E-state index in [1.165, 1.54) is 6.42 Å². The van der Waals surface area contributed by atoms with Crippen LogP contribution in [0.5, 0.6) is 0 Å². The average Bonchev–Trinajstić information content (AvgIpc) is 3.58. The molecule has 3 aliphatic carbocycles. The van der Waals surface area contributed by atoms with Gasteiger partial charge < -0.3 is 18.9 Å². The number of hydrogen-bond acceptors (Lipinski definition) is 5. The summed E-state index contributed by atoms with van der Waals surface area (Å²) in [7, 11) is -0.409. The van der Waals surface area contributed by atoms with E-state index in [1.807, 2.05) is 56.0 Å². The van der Waals surface area contributed by atoms with Gasteiger partial charge in [-0.15, -0.1) is 0 Å². The van der Waals surface area contributed by atoms with E-state index in [2.05, 4.69) is 20.8 Å². The number of hydrogen-bond donors (Lipinski definition) is 0. The van der Waals surface area contributed by atoms with E-state index in [1.54, 1.807) is 4.90 Å². The van der Waals surface area contributed by atoms with Gasteiger partial charge in [0.15, 0.2) is 0 Å². The molecule has 2 bridgehead atoms. The summed E-state index contributed by atoms with van der Waals surface area (Å²) in [5.41, 5.74) is 0.372. The van der Waals surface area contributed by atoms with Gasteiger partial charge in [0.05, 0.1) is 23.7 Å². The summed E-state index contributed by atoms with van der Waals surface area (Å²) in [6, 6.07) is 9.26. The van der Waals surface area contributed by atoms with Gasteiger partial charge in [-0.25, -0.2) is 4.79 Å². The molecule has 0 spiro atoms. The predicted molar refractivity (Wildman–Crippen MR) is 145 cm³/mol. The maximum Gasteiger partial charge on any atom is 0.481 e. The number of amides is 2. The first-order valence-electron chi connectivity index (χ1n) is 14.6. The van der Waals surface area contributed by atoms with Gasteiger partial charge in [0.25, 0.3) is 0 Å². The lowest BCUT2D eigenvalue weighted by Crippen LogP contribution is -2.65. The Labute approximate surface area is 227 Å². The molecule has 38 heavy (non-hydrogen) atoms. The summed E-state index contributed by atoms with van der Waals surface area (Å²) in [5, 5.41) is 0. The molecule has 1 aromatic carbocycles. The summed E-state index contributed by atoms with van der Waals surface area (Å²) in [4.78, 5) is 31.4. The van der Waals surface area contributed by atoms with Crippen molar-refractivity contribution >= 4 is 19.1 Å². The minimum Gasteiger partial charge on any atom is -0.444 e. The number of rotatable bonds is 3. The largest absolute Gasteiger partial charge is 0.481 e. The number of carbonyl (C=O) groups excluding carboxylic acids is 2. The van der Waals surface area contributed by atoms with Crippen molar-refractivity contribution in [2.75, 3.05) is 6.54 Å². The second-order valence-corrected chi connectivity index (χ2v) is 14.0. The quantitative estimate of drug-likeness (QED) is 0.499. The minimum atomic E-state index is -0.642. The van der Waals surface area contributed by atoms with Crippen LogP contribution in [0.25, 0.3) is 0 Å². The van der Waals surface area contributed by atoms with Crippen LogP contribution in [-0.4, -0.2) is 64.8 Å². The molecule has 2 unspecified atom stereocenters. The normalized spacial score (nSPS) is 37.7. The van der Waals surface area contributed by atoms with E-state index < -0.39 is 24.9 Å². The fourth-order valence-electron chi connectivity index (χ4n) is 8.23. The van der Waals surface area contributed by atoms with Crippen molar-refractivity contribution in [2.45, 2.75) is 115 Å². The molecule has 8 heteroatoms. The van der Waals surface area contributed by atoms with Crippen LogP contribution in [0.1, 0.15) is 91.7 Å². The van der Waals surface area contributed by atoms with Crippen molar-refractivity contribution < 1.29 is 23.6 Å². The lowest BCUT2D eigenvalue weighted by Gasteiger charge is -2.64. The summed E-state index contributed by atoms with van der Waals surface area (Å²) in [6.45, 7) is 13.2. The topological polar surface area (TPSA) is 68.3 Å². The van der Waals surface area contributed by atoms with Crippen molar-refractivity contribution in [3.8, 4) is 0 Å². The monoisotopic (exact) mass is 522 g/mol. The van der Waals surface area contributed by atoms with E-state index in [-0.39, 0.29) is 35.0 Å². The van der Waals surface area contributed by atoms with Gasteiger partial charge in [-0.3, -0.25) is 9.69 Å². The zero-order valence-electron chi connectivity index (χ0n) is 23.8. The molecule has 0 aromatic heterocycles. The molecule has 0 N–H and O–H groups in total. The molecule has 6 aliphatic rings. The predicted octanol–water partition coefficient (Wildman–Crippen LogP) is 5.39.